The molecule has 450 valence electrons. The van der Waals surface area contributed by atoms with E-state index >= 15 is 0 Å². The molecule has 9 aromatic rings. The Hall–Kier alpha value is -4.87. The summed E-state index contributed by atoms with van der Waals surface area (Å²) in [6.45, 7) is 58.8. The summed E-state index contributed by atoms with van der Waals surface area (Å²) in [5, 5.41) is 36.1. The SMILES string of the molecule is CC(C)(C)c1cccs1.CC(C)(C)c1ccn[nH]1.CC(C)(C)c1ccn[nH]1.CC(C)(C)c1ccsc1.CC(C)(C)c1cn[nH]c1.CC(C)(C)c1cncs1.CC(C)(C)c1cscn1.CC(C)(C)c1nccs1.CC(C)(C)n1cccn1. The Morgan fingerprint density at radius 1 is 0.420 bits per heavy atom. The van der Waals surface area contributed by atoms with E-state index in [2.05, 4.69) is 277 Å². The normalized spacial score (nSPS) is 11.9. The molecule has 9 heterocycles. The van der Waals surface area contributed by atoms with E-state index in [0.29, 0.717) is 10.8 Å². The molecule has 81 heavy (non-hydrogen) atoms. The Morgan fingerprint density at radius 3 is 1.19 bits per heavy atom. The predicted octanol–water partition coefficient (Wildman–Crippen LogP) is 20.2. The van der Waals surface area contributed by atoms with E-state index in [0.717, 1.165) is 0 Å². The van der Waals surface area contributed by atoms with E-state index in [9.17, 15) is 0 Å². The van der Waals surface area contributed by atoms with Crippen LogP contribution in [-0.2, 0) is 48.9 Å². The van der Waals surface area contributed by atoms with Crippen molar-refractivity contribution in [3.63, 3.8) is 0 Å². The minimum Gasteiger partial charge on any atom is -0.285 e. The first-order chi connectivity index (χ1) is 36.9. The molecular weight excluding hydrogens is 1100 g/mol. The van der Waals surface area contributed by atoms with Crippen LogP contribution in [0.25, 0.3) is 0 Å². The standard InChI is InChI=1S/2C8H12S.4C7H12N2.3C7H11NS/c1-8(2,3)7-4-5-9-6-7;1-8(2,3)7-5-4-6-9-7;1-7(2,3)6-4-8-9-5-6;1-7(2,3)9-6-4-5-8-9;2*1-7(2,3)6-4-5-8-9-6;1-7(2,3)6-4-9-5-8-6;1-7(2,3)6-4-8-5-9-6;1-7(2,3)6-8-4-5-9-6/h2*4-6H,1-3H3;4-5H,1-3H3,(H,8,9);4-6H,1-3H3;2*4-5H,1-3H3,(H,8,9);3*4-5H,1-3H3. The van der Waals surface area contributed by atoms with Crippen LogP contribution < -0.4 is 0 Å². The Balaban J connectivity index is 0.000000456. The van der Waals surface area contributed by atoms with Gasteiger partial charge in [-0.25, -0.2) is 9.97 Å². The van der Waals surface area contributed by atoms with Crippen molar-refractivity contribution >= 4 is 56.7 Å². The van der Waals surface area contributed by atoms with Gasteiger partial charge in [-0.2, -0.15) is 31.7 Å². The zero-order valence-corrected chi connectivity index (χ0v) is 58.8. The average molecular weight is 1200 g/mol. The Morgan fingerprint density at radius 2 is 0.988 bits per heavy atom. The van der Waals surface area contributed by atoms with Crippen LogP contribution >= 0.6 is 56.7 Å². The highest BCUT2D eigenvalue weighted by Crippen LogP contribution is 2.28. The van der Waals surface area contributed by atoms with Gasteiger partial charge in [0.1, 0.15) is 0 Å². The van der Waals surface area contributed by atoms with Gasteiger partial charge in [-0.3, -0.25) is 25.0 Å². The zero-order chi connectivity index (χ0) is 62.2. The molecule has 3 N–H and O–H groups in total. The van der Waals surface area contributed by atoms with Gasteiger partial charge < -0.3 is 0 Å². The number of hydrogen-bond acceptors (Lipinski definition) is 12. The highest BCUT2D eigenvalue weighted by molar-refractivity contribution is 7.10. The average Bonchev–Trinajstić information content (AvgIpc) is 4.21. The molecular formula is C65H105N11S5. The van der Waals surface area contributed by atoms with Crippen LogP contribution in [-0.4, -0.2) is 55.3 Å². The lowest BCUT2D eigenvalue weighted by atomic mass is 9.90. The summed E-state index contributed by atoms with van der Waals surface area (Å²) in [7, 11) is 0. The topological polar surface area (TPSA) is 143 Å². The molecule has 0 amide bonds. The molecule has 0 saturated carbocycles. The highest BCUT2D eigenvalue weighted by atomic mass is 32.1. The summed E-state index contributed by atoms with van der Waals surface area (Å²) in [4.78, 5) is 15.2. The minimum absolute atomic E-state index is 0.128. The lowest BCUT2D eigenvalue weighted by molar-refractivity contribution is 0.355. The van der Waals surface area contributed by atoms with Gasteiger partial charge in [0.25, 0.3) is 0 Å². The molecule has 0 unspecified atom stereocenters. The zero-order valence-electron chi connectivity index (χ0n) is 54.7. The molecule has 0 aliphatic heterocycles. The summed E-state index contributed by atoms with van der Waals surface area (Å²) in [5.41, 5.74) is 12.2. The Bertz CT molecular complexity index is 2170. The van der Waals surface area contributed by atoms with Crippen molar-refractivity contribution in [2.24, 2.45) is 0 Å². The highest BCUT2D eigenvalue weighted by Gasteiger charge is 2.19. The molecule has 0 bridgehead atoms. The van der Waals surface area contributed by atoms with Crippen LogP contribution in [0.5, 0.6) is 0 Å². The smallest absolute Gasteiger partial charge is 0.0978 e. The number of thiophene rings is 2. The number of nitrogens with one attached hydrogen (secondary N) is 3. The summed E-state index contributed by atoms with van der Waals surface area (Å²) in [6.07, 6.45) is 14.9. The molecule has 9 aromatic heterocycles. The van der Waals surface area contributed by atoms with Crippen molar-refractivity contribution in [1.82, 2.24) is 55.3 Å². The fourth-order valence-electron chi connectivity index (χ4n) is 5.83. The van der Waals surface area contributed by atoms with E-state index in [1.165, 1.54) is 43.0 Å². The first-order valence-electron chi connectivity index (χ1n) is 27.7. The third-order valence-corrected chi connectivity index (χ3v) is 16.2. The molecule has 11 nitrogen and oxygen atoms in total. The molecule has 0 atom stereocenters. The molecule has 0 aliphatic carbocycles. The van der Waals surface area contributed by atoms with Gasteiger partial charge >= 0.3 is 0 Å². The van der Waals surface area contributed by atoms with Gasteiger partial charge in [0.05, 0.1) is 33.5 Å². The van der Waals surface area contributed by atoms with Crippen molar-refractivity contribution < 1.29 is 0 Å². The van der Waals surface area contributed by atoms with Crippen LogP contribution in [0, 0.1) is 0 Å². The van der Waals surface area contributed by atoms with Crippen LogP contribution in [0.3, 0.4) is 0 Å². The first kappa shape index (κ1) is 74.1. The number of thiazole rings is 3. The van der Waals surface area contributed by atoms with Crippen LogP contribution in [0.15, 0.2) is 124 Å². The van der Waals surface area contributed by atoms with Gasteiger partial charge in [-0.05, 0) is 100 Å². The number of nitrogens with zero attached hydrogens (tertiary/aromatic N) is 8. The number of aromatic amines is 3. The fraction of sp³-hybridized carbons (Fsp3) is 0.554. The quantitative estimate of drug-likeness (QED) is 0.137. The number of hydrogen-bond donors (Lipinski definition) is 3. The fourth-order valence-corrected chi connectivity index (χ4v) is 9.75. The van der Waals surface area contributed by atoms with Crippen molar-refractivity contribution in [3.8, 4) is 0 Å². The van der Waals surface area contributed by atoms with Crippen molar-refractivity contribution in [1.29, 1.82) is 0 Å². The second kappa shape index (κ2) is 32.8. The van der Waals surface area contributed by atoms with E-state index in [-0.39, 0.29) is 38.0 Å². The summed E-state index contributed by atoms with van der Waals surface area (Å²) in [6, 6.07) is 12.4. The minimum atomic E-state index is 0.128. The number of aromatic nitrogens is 11. The molecule has 0 saturated heterocycles. The van der Waals surface area contributed by atoms with Crippen molar-refractivity contribution in [2.45, 2.75) is 236 Å². The third kappa shape index (κ3) is 32.0. The van der Waals surface area contributed by atoms with E-state index in [4.69, 9.17) is 0 Å². The maximum Gasteiger partial charge on any atom is 0.0978 e. The third-order valence-electron chi connectivity index (χ3n) is 11.3. The first-order valence-corrected chi connectivity index (χ1v) is 32.2. The maximum absolute atomic E-state index is 4.21. The van der Waals surface area contributed by atoms with Crippen LogP contribution in [0.2, 0.25) is 0 Å². The predicted molar refractivity (Wildman–Crippen MR) is 358 cm³/mol. The molecule has 16 heteroatoms. The monoisotopic (exact) mass is 1200 g/mol. The molecule has 0 fully saturated rings. The number of rotatable bonds is 0. The second-order valence-electron chi connectivity index (χ2n) is 28.6. The Labute approximate surface area is 511 Å². The van der Waals surface area contributed by atoms with Gasteiger partial charge in [-0.15, -0.1) is 45.3 Å². The summed E-state index contributed by atoms with van der Waals surface area (Å²) in [5.74, 6) is 0. The number of H-pyrrole nitrogens is 3. The summed E-state index contributed by atoms with van der Waals surface area (Å²) < 4.78 is 1.94. The van der Waals surface area contributed by atoms with Crippen LogP contribution in [0.4, 0.5) is 0 Å². The van der Waals surface area contributed by atoms with E-state index in [1.54, 1.807) is 63.9 Å². The molecule has 0 aromatic carbocycles. The molecule has 0 spiro atoms. The largest absolute Gasteiger partial charge is 0.285 e. The van der Waals surface area contributed by atoms with Crippen LogP contribution in [0.1, 0.15) is 230 Å². The van der Waals surface area contributed by atoms with Crippen molar-refractivity contribution in [2.75, 3.05) is 0 Å². The lowest BCUT2D eigenvalue weighted by Gasteiger charge is -2.18. The lowest BCUT2D eigenvalue weighted by Crippen LogP contribution is -2.21. The summed E-state index contributed by atoms with van der Waals surface area (Å²) >= 11 is 8.69. The Kier molecular flexibility index (Phi) is 30.1. The second-order valence-corrected chi connectivity index (χ2v) is 32.8. The maximum atomic E-state index is 4.21. The molecule has 0 radical (unpaired) electrons. The molecule has 9 rings (SSSR count). The van der Waals surface area contributed by atoms with E-state index in [1.807, 2.05) is 81.6 Å². The van der Waals surface area contributed by atoms with Gasteiger partial charge in [-0.1, -0.05) is 172 Å². The molecule has 0 aliphatic rings. The van der Waals surface area contributed by atoms with Crippen molar-refractivity contribution in [3.05, 3.63) is 167 Å². The van der Waals surface area contributed by atoms with Gasteiger partial charge in [0, 0.05) is 96.9 Å². The van der Waals surface area contributed by atoms with Gasteiger partial charge in [0.2, 0.25) is 0 Å². The van der Waals surface area contributed by atoms with E-state index < -0.39 is 0 Å². The van der Waals surface area contributed by atoms with Gasteiger partial charge in [0.15, 0.2) is 0 Å².